The third-order valence-electron chi connectivity index (χ3n) is 3.56. The van der Waals surface area contributed by atoms with Crippen LogP contribution < -0.4 is 0 Å². The van der Waals surface area contributed by atoms with Crippen molar-refractivity contribution >= 4 is 0 Å². The Morgan fingerprint density at radius 1 is 1.12 bits per heavy atom. The molecule has 0 amide bonds. The zero-order chi connectivity index (χ0) is 11.4. The predicted octanol–water partition coefficient (Wildman–Crippen LogP) is 3.55. The predicted molar refractivity (Wildman–Crippen MR) is 69.3 cm³/mol. The van der Waals surface area contributed by atoms with Crippen LogP contribution in [0.25, 0.3) is 0 Å². The van der Waals surface area contributed by atoms with Gasteiger partial charge in [-0.1, -0.05) is 44.2 Å². The highest BCUT2D eigenvalue weighted by molar-refractivity contribution is 5.14. The Bertz CT molecular complexity index is 306. The second-order valence-electron chi connectivity index (χ2n) is 5.46. The summed E-state index contributed by atoms with van der Waals surface area (Å²) in [7, 11) is 0. The maximum atomic E-state index is 2.61. The summed E-state index contributed by atoms with van der Waals surface area (Å²) in [5.74, 6) is 1.75. The van der Waals surface area contributed by atoms with Gasteiger partial charge in [0.05, 0.1) is 0 Å². The Labute approximate surface area is 99.5 Å². The zero-order valence-electron chi connectivity index (χ0n) is 10.5. The quantitative estimate of drug-likeness (QED) is 0.732. The molecule has 1 nitrogen and oxygen atoms in total. The average molecular weight is 217 g/mol. The molecule has 1 aliphatic heterocycles. The van der Waals surface area contributed by atoms with Crippen LogP contribution in [0, 0.1) is 11.8 Å². The van der Waals surface area contributed by atoms with E-state index in [9.17, 15) is 0 Å². The van der Waals surface area contributed by atoms with Crippen LogP contribution in [0.5, 0.6) is 0 Å². The molecule has 1 heterocycles. The lowest BCUT2D eigenvalue weighted by Gasteiger charge is -2.22. The van der Waals surface area contributed by atoms with Gasteiger partial charge in [-0.05, 0) is 36.8 Å². The second kappa shape index (κ2) is 5.49. The molecule has 1 fully saturated rings. The van der Waals surface area contributed by atoms with Crippen molar-refractivity contribution in [3.05, 3.63) is 35.9 Å². The van der Waals surface area contributed by atoms with Crippen molar-refractivity contribution in [2.75, 3.05) is 13.1 Å². The molecule has 2 atom stereocenters. The molecule has 0 saturated carbocycles. The van der Waals surface area contributed by atoms with Crippen LogP contribution in [0.1, 0.15) is 32.3 Å². The van der Waals surface area contributed by atoms with Gasteiger partial charge in [-0.3, -0.25) is 4.90 Å². The topological polar surface area (TPSA) is 3.24 Å². The van der Waals surface area contributed by atoms with E-state index in [2.05, 4.69) is 49.1 Å². The van der Waals surface area contributed by atoms with E-state index in [0.29, 0.717) is 0 Å². The third kappa shape index (κ3) is 3.34. The largest absolute Gasteiger partial charge is 0.299 e. The number of hydrogen-bond acceptors (Lipinski definition) is 1. The van der Waals surface area contributed by atoms with Crippen molar-refractivity contribution in [1.82, 2.24) is 4.90 Å². The zero-order valence-corrected chi connectivity index (χ0v) is 10.5. The molecule has 1 aromatic rings. The molecule has 1 aliphatic rings. The Morgan fingerprint density at radius 3 is 2.62 bits per heavy atom. The van der Waals surface area contributed by atoms with Crippen LogP contribution in [-0.4, -0.2) is 18.0 Å². The highest BCUT2D eigenvalue weighted by Crippen LogP contribution is 2.22. The molecule has 1 heteroatoms. The van der Waals surface area contributed by atoms with Gasteiger partial charge in [0, 0.05) is 13.1 Å². The SMILES string of the molecule is CC1CCN(Cc2ccccc2)CC(C)C1. The number of nitrogens with zero attached hydrogens (tertiary/aromatic N) is 1. The normalized spacial score (nSPS) is 27.6. The van der Waals surface area contributed by atoms with Crippen molar-refractivity contribution in [1.29, 1.82) is 0 Å². The molecule has 1 aromatic carbocycles. The van der Waals surface area contributed by atoms with Gasteiger partial charge in [-0.2, -0.15) is 0 Å². The standard InChI is InChI=1S/C15H23N/c1-13-8-9-16(11-14(2)10-13)12-15-6-4-3-5-7-15/h3-7,13-14H,8-12H2,1-2H3. The Kier molecular flexibility index (Phi) is 4.00. The number of rotatable bonds is 2. The van der Waals surface area contributed by atoms with Crippen LogP contribution in [0.2, 0.25) is 0 Å². The number of hydrogen-bond donors (Lipinski definition) is 0. The van der Waals surface area contributed by atoms with Gasteiger partial charge in [0.1, 0.15) is 0 Å². The molecule has 0 spiro atoms. The van der Waals surface area contributed by atoms with E-state index in [4.69, 9.17) is 0 Å². The maximum absolute atomic E-state index is 2.61. The van der Waals surface area contributed by atoms with E-state index in [1.54, 1.807) is 0 Å². The van der Waals surface area contributed by atoms with E-state index in [1.807, 2.05) is 0 Å². The van der Waals surface area contributed by atoms with Crippen LogP contribution >= 0.6 is 0 Å². The van der Waals surface area contributed by atoms with Gasteiger partial charge in [-0.15, -0.1) is 0 Å². The summed E-state index contributed by atoms with van der Waals surface area (Å²) in [5.41, 5.74) is 1.45. The summed E-state index contributed by atoms with van der Waals surface area (Å²) in [6.07, 6.45) is 2.75. The highest BCUT2D eigenvalue weighted by atomic mass is 15.1. The Balaban J connectivity index is 1.94. The highest BCUT2D eigenvalue weighted by Gasteiger charge is 2.18. The molecular weight excluding hydrogens is 194 g/mol. The van der Waals surface area contributed by atoms with Crippen molar-refractivity contribution < 1.29 is 0 Å². The molecule has 0 N–H and O–H groups in total. The first-order chi connectivity index (χ1) is 7.74. The molecular formula is C15H23N. The summed E-state index contributed by atoms with van der Waals surface area (Å²) < 4.78 is 0. The fourth-order valence-corrected chi connectivity index (χ4v) is 2.80. The van der Waals surface area contributed by atoms with Gasteiger partial charge in [0.2, 0.25) is 0 Å². The number of benzene rings is 1. The smallest absolute Gasteiger partial charge is 0.0233 e. The Morgan fingerprint density at radius 2 is 1.88 bits per heavy atom. The summed E-state index contributed by atoms with van der Waals surface area (Å²) in [6, 6.07) is 10.8. The van der Waals surface area contributed by atoms with Crippen LogP contribution in [0.4, 0.5) is 0 Å². The van der Waals surface area contributed by atoms with Gasteiger partial charge in [-0.25, -0.2) is 0 Å². The summed E-state index contributed by atoms with van der Waals surface area (Å²) >= 11 is 0. The molecule has 2 rings (SSSR count). The van der Waals surface area contributed by atoms with Crippen LogP contribution in [0.15, 0.2) is 30.3 Å². The average Bonchev–Trinajstić information content (AvgIpc) is 2.41. The Hall–Kier alpha value is -0.820. The van der Waals surface area contributed by atoms with E-state index in [0.717, 1.165) is 18.4 Å². The minimum Gasteiger partial charge on any atom is -0.299 e. The maximum Gasteiger partial charge on any atom is 0.0233 e. The first-order valence-electron chi connectivity index (χ1n) is 6.50. The first kappa shape index (κ1) is 11.7. The lowest BCUT2D eigenvalue weighted by molar-refractivity contribution is 0.248. The molecule has 0 bridgehead atoms. The van der Waals surface area contributed by atoms with Gasteiger partial charge in [0.15, 0.2) is 0 Å². The fraction of sp³-hybridized carbons (Fsp3) is 0.600. The minimum atomic E-state index is 0.848. The molecule has 2 unspecified atom stereocenters. The third-order valence-corrected chi connectivity index (χ3v) is 3.56. The first-order valence-corrected chi connectivity index (χ1v) is 6.50. The number of likely N-dealkylation sites (tertiary alicyclic amines) is 1. The molecule has 1 saturated heterocycles. The van der Waals surface area contributed by atoms with Gasteiger partial charge in [0.25, 0.3) is 0 Å². The minimum absolute atomic E-state index is 0.848. The summed E-state index contributed by atoms with van der Waals surface area (Å²) in [4.78, 5) is 2.61. The lowest BCUT2D eigenvalue weighted by atomic mass is 9.97. The fourth-order valence-electron chi connectivity index (χ4n) is 2.80. The lowest BCUT2D eigenvalue weighted by Crippen LogP contribution is -2.27. The molecule has 88 valence electrons. The van der Waals surface area contributed by atoms with E-state index in [-0.39, 0.29) is 0 Å². The van der Waals surface area contributed by atoms with E-state index < -0.39 is 0 Å². The van der Waals surface area contributed by atoms with Crippen molar-refractivity contribution in [3.63, 3.8) is 0 Å². The molecule has 0 radical (unpaired) electrons. The second-order valence-corrected chi connectivity index (χ2v) is 5.46. The molecule has 16 heavy (non-hydrogen) atoms. The molecule has 0 aliphatic carbocycles. The van der Waals surface area contributed by atoms with Gasteiger partial charge >= 0.3 is 0 Å². The van der Waals surface area contributed by atoms with E-state index in [1.165, 1.54) is 31.5 Å². The summed E-state index contributed by atoms with van der Waals surface area (Å²) in [5, 5.41) is 0. The summed E-state index contributed by atoms with van der Waals surface area (Å²) in [6.45, 7) is 8.43. The molecule has 0 aromatic heterocycles. The van der Waals surface area contributed by atoms with E-state index >= 15 is 0 Å². The van der Waals surface area contributed by atoms with Gasteiger partial charge < -0.3 is 0 Å². The monoisotopic (exact) mass is 217 g/mol. The van der Waals surface area contributed by atoms with Crippen molar-refractivity contribution in [2.24, 2.45) is 11.8 Å². The van der Waals surface area contributed by atoms with Crippen LogP contribution in [-0.2, 0) is 6.54 Å². The van der Waals surface area contributed by atoms with Crippen LogP contribution in [0.3, 0.4) is 0 Å². The van der Waals surface area contributed by atoms with Crippen molar-refractivity contribution in [3.8, 4) is 0 Å². The van der Waals surface area contributed by atoms with Crippen molar-refractivity contribution in [2.45, 2.75) is 33.2 Å².